The van der Waals surface area contributed by atoms with Crippen molar-refractivity contribution in [2.45, 2.75) is 23.6 Å². The largest absolute Gasteiger partial charge is 0.289 e. The quantitative estimate of drug-likeness (QED) is 0.533. The molecular weight excluding hydrogens is 334 g/mol. The van der Waals surface area contributed by atoms with E-state index >= 15 is 0 Å². The first-order valence-electron chi connectivity index (χ1n) is 7.60. The summed E-state index contributed by atoms with van der Waals surface area (Å²) in [7, 11) is 0. The summed E-state index contributed by atoms with van der Waals surface area (Å²) in [5.41, 5.74) is 3.24. The molecule has 0 radical (unpaired) electrons. The monoisotopic (exact) mass is 351 g/mol. The van der Waals surface area contributed by atoms with E-state index in [1.165, 1.54) is 34.8 Å². The lowest BCUT2D eigenvalue weighted by Gasteiger charge is -2.08. The van der Waals surface area contributed by atoms with Gasteiger partial charge in [-0.15, -0.1) is 0 Å². The Bertz CT molecular complexity index is 831. The fraction of sp³-hybridized carbons (Fsp3) is 0.100. The lowest BCUT2D eigenvalue weighted by molar-refractivity contribution is -0.110. The molecule has 0 aliphatic heterocycles. The normalized spacial score (nSPS) is 15.7. The Labute approximate surface area is 150 Å². The molecule has 0 bridgehead atoms. The number of allylic oxidation sites excluding steroid dienone is 4. The molecule has 2 aromatic carbocycles. The highest BCUT2D eigenvalue weighted by Crippen LogP contribution is 2.30. The maximum Gasteiger partial charge on any atom is 0.192 e. The molecule has 2 aromatic rings. The minimum atomic E-state index is 0.0276. The van der Waals surface area contributed by atoms with Crippen LogP contribution in [0.3, 0.4) is 0 Å². The molecule has 0 saturated carbocycles. The minimum absolute atomic E-state index is 0.0276. The van der Waals surface area contributed by atoms with Crippen molar-refractivity contribution in [3.63, 3.8) is 0 Å². The molecular formula is C20H17NOS2. The highest BCUT2D eigenvalue weighted by atomic mass is 32.2. The van der Waals surface area contributed by atoms with Crippen LogP contribution in [0.15, 0.2) is 85.9 Å². The average Bonchev–Trinajstić information content (AvgIpc) is 2.59. The Morgan fingerprint density at radius 2 is 1.38 bits per heavy atom. The second-order valence-electron chi connectivity index (χ2n) is 5.54. The smallest absolute Gasteiger partial charge is 0.192 e. The molecule has 1 aliphatic rings. The molecule has 0 atom stereocenters. The first-order valence-corrected chi connectivity index (χ1v) is 9.19. The van der Waals surface area contributed by atoms with E-state index < -0.39 is 0 Å². The number of benzene rings is 2. The van der Waals surface area contributed by atoms with E-state index in [1.807, 2.05) is 42.5 Å². The molecule has 0 N–H and O–H groups in total. The minimum Gasteiger partial charge on any atom is -0.289 e. The summed E-state index contributed by atoms with van der Waals surface area (Å²) >= 11 is 2.90. The van der Waals surface area contributed by atoms with Crippen molar-refractivity contribution in [1.29, 1.82) is 0 Å². The molecule has 1 aliphatic carbocycles. The van der Waals surface area contributed by atoms with Gasteiger partial charge in [0, 0.05) is 21.7 Å². The van der Waals surface area contributed by atoms with Crippen LogP contribution >= 0.6 is 23.7 Å². The number of thioether (sulfide) groups is 1. The number of carbonyl (C=O) groups is 1. The SMILES string of the molecule is Cc1ccc(SN=C2C=CC(=O)C(Sc3ccc(C)cc3)=C2)cc1. The van der Waals surface area contributed by atoms with E-state index in [0.29, 0.717) is 4.91 Å². The average molecular weight is 351 g/mol. The van der Waals surface area contributed by atoms with Gasteiger partial charge >= 0.3 is 0 Å². The molecule has 0 heterocycles. The number of rotatable bonds is 4. The highest BCUT2D eigenvalue weighted by molar-refractivity contribution is 8.04. The van der Waals surface area contributed by atoms with Crippen molar-refractivity contribution in [1.82, 2.24) is 0 Å². The van der Waals surface area contributed by atoms with Gasteiger partial charge in [0.05, 0.1) is 10.6 Å². The molecule has 3 rings (SSSR count). The van der Waals surface area contributed by atoms with Crippen LogP contribution in [0, 0.1) is 13.8 Å². The van der Waals surface area contributed by atoms with Crippen molar-refractivity contribution in [3.05, 3.63) is 82.8 Å². The predicted molar refractivity (Wildman–Crippen MR) is 104 cm³/mol. The topological polar surface area (TPSA) is 29.4 Å². The van der Waals surface area contributed by atoms with Crippen LogP contribution in [-0.2, 0) is 4.79 Å². The fourth-order valence-electron chi connectivity index (χ4n) is 2.07. The first kappa shape index (κ1) is 16.8. The second-order valence-corrected chi connectivity index (χ2v) is 7.49. The van der Waals surface area contributed by atoms with Gasteiger partial charge in [-0.2, -0.15) is 0 Å². The van der Waals surface area contributed by atoms with Crippen LogP contribution in [0.5, 0.6) is 0 Å². The van der Waals surface area contributed by atoms with Gasteiger partial charge in [0.1, 0.15) is 0 Å². The van der Waals surface area contributed by atoms with Gasteiger partial charge in [0.25, 0.3) is 0 Å². The van der Waals surface area contributed by atoms with Gasteiger partial charge in [-0.1, -0.05) is 47.2 Å². The van der Waals surface area contributed by atoms with Crippen molar-refractivity contribution < 1.29 is 4.79 Å². The number of aryl methyl sites for hydroxylation is 2. The Morgan fingerprint density at radius 1 is 0.792 bits per heavy atom. The van der Waals surface area contributed by atoms with Crippen LogP contribution in [0.1, 0.15) is 11.1 Å². The molecule has 120 valence electrons. The highest BCUT2D eigenvalue weighted by Gasteiger charge is 2.13. The van der Waals surface area contributed by atoms with E-state index in [9.17, 15) is 4.79 Å². The molecule has 0 aromatic heterocycles. The van der Waals surface area contributed by atoms with Gasteiger partial charge in [0.15, 0.2) is 5.78 Å². The van der Waals surface area contributed by atoms with Gasteiger partial charge < -0.3 is 0 Å². The lowest BCUT2D eigenvalue weighted by atomic mass is 10.2. The Balaban J connectivity index is 1.74. The molecule has 4 heteroatoms. The van der Waals surface area contributed by atoms with Crippen molar-refractivity contribution >= 4 is 35.2 Å². The third-order valence-electron chi connectivity index (χ3n) is 3.45. The fourth-order valence-corrected chi connectivity index (χ4v) is 3.53. The summed E-state index contributed by atoms with van der Waals surface area (Å²) in [4.78, 5) is 14.9. The van der Waals surface area contributed by atoms with E-state index in [-0.39, 0.29) is 5.78 Å². The Hall–Kier alpha value is -2.04. The molecule has 0 unspecified atom stereocenters. The van der Waals surface area contributed by atoms with Gasteiger partial charge in [-0.05, 0) is 56.3 Å². The third-order valence-corrected chi connectivity index (χ3v) is 5.29. The van der Waals surface area contributed by atoms with Gasteiger partial charge in [0.2, 0.25) is 0 Å². The molecule has 0 fully saturated rings. The molecule has 0 spiro atoms. The van der Waals surface area contributed by atoms with E-state index in [4.69, 9.17) is 0 Å². The van der Waals surface area contributed by atoms with Crippen LogP contribution < -0.4 is 0 Å². The summed E-state index contributed by atoms with van der Waals surface area (Å²) in [6.07, 6.45) is 5.21. The number of nitrogens with zero attached hydrogens (tertiary/aromatic N) is 1. The number of carbonyl (C=O) groups excluding carboxylic acids is 1. The maximum atomic E-state index is 12.1. The summed E-state index contributed by atoms with van der Waals surface area (Å²) in [6.45, 7) is 4.11. The molecule has 0 amide bonds. The van der Waals surface area contributed by atoms with E-state index in [1.54, 1.807) is 12.2 Å². The van der Waals surface area contributed by atoms with Crippen LogP contribution in [-0.4, -0.2) is 11.5 Å². The summed E-state index contributed by atoms with van der Waals surface area (Å²) < 4.78 is 4.53. The summed E-state index contributed by atoms with van der Waals surface area (Å²) in [6, 6.07) is 16.4. The predicted octanol–water partition coefficient (Wildman–Crippen LogP) is 5.57. The van der Waals surface area contributed by atoms with Crippen molar-refractivity contribution in [3.8, 4) is 0 Å². The zero-order chi connectivity index (χ0) is 16.9. The number of hydrogen-bond acceptors (Lipinski definition) is 4. The summed E-state index contributed by atoms with van der Waals surface area (Å²) in [5.74, 6) is 0.0276. The van der Waals surface area contributed by atoms with Gasteiger partial charge in [-0.25, -0.2) is 4.40 Å². The van der Waals surface area contributed by atoms with Gasteiger partial charge in [-0.3, -0.25) is 4.79 Å². The summed E-state index contributed by atoms with van der Waals surface area (Å²) in [5, 5.41) is 0. The van der Waals surface area contributed by atoms with Crippen molar-refractivity contribution in [2.75, 3.05) is 0 Å². The molecule has 0 saturated heterocycles. The molecule has 2 nitrogen and oxygen atoms in total. The maximum absolute atomic E-state index is 12.1. The van der Waals surface area contributed by atoms with Crippen molar-refractivity contribution in [2.24, 2.45) is 4.40 Å². The third kappa shape index (κ3) is 4.49. The Kier molecular flexibility index (Phi) is 5.38. The zero-order valence-corrected chi connectivity index (χ0v) is 15.2. The van der Waals surface area contributed by atoms with Crippen LogP contribution in [0.4, 0.5) is 0 Å². The second kappa shape index (κ2) is 7.69. The van der Waals surface area contributed by atoms with Crippen LogP contribution in [0.2, 0.25) is 0 Å². The standard InChI is InChI=1S/C20H17NOS2/c1-14-3-8-17(9-4-14)23-20-13-16(7-12-19(20)22)21-24-18-10-5-15(2)6-11-18/h3-13H,1-2H3. The first-order chi connectivity index (χ1) is 11.6. The number of ketones is 1. The number of hydrogen-bond donors (Lipinski definition) is 0. The lowest BCUT2D eigenvalue weighted by Crippen LogP contribution is -2.05. The van der Waals surface area contributed by atoms with Crippen LogP contribution in [0.25, 0.3) is 0 Å². The van der Waals surface area contributed by atoms with E-state index in [0.717, 1.165) is 15.5 Å². The Morgan fingerprint density at radius 3 is 2.00 bits per heavy atom. The van der Waals surface area contributed by atoms with E-state index in [2.05, 4.69) is 30.4 Å². The molecule has 24 heavy (non-hydrogen) atoms. The zero-order valence-electron chi connectivity index (χ0n) is 13.5.